The van der Waals surface area contributed by atoms with E-state index in [2.05, 4.69) is 10.3 Å². The Morgan fingerprint density at radius 1 is 1.15 bits per heavy atom. The van der Waals surface area contributed by atoms with E-state index < -0.39 is 5.97 Å². The van der Waals surface area contributed by atoms with Crippen molar-refractivity contribution in [3.8, 4) is 5.75 Å². The molecular weight excluding hydrogens is 362 g/mol. The van der Waals surface area contributed by atoms with Crippen LogP contribution >= 0.6 is 11.3 Å². The lowest BCUT2D eigenvalue weighted by Crippen LogP contribution is -2.11. The van der Waals surface area contributed by atoms with E-state index in [1.54, 1.807) is 40.9 Å². The molecule has 0 saturated carbocycles. The van der Waals surface area contributed by atoms with Gasteiger partial charge in [0.1, 0.15) is 11.4 Å². The number of imidazole rings is 1. The second kappa shape index (κ2) is 7.05. The summed E-state index contributed by atoms with van der Waals surface area (Å²) >= 11 is 1.37. The number of pyridine rings is 1. The van der Waals surface area contributed by atoms with Gasteiger partial charge in [0.2, 0.25) is 0 Å². The summed E-state index contributed by atoms with van der Waals surface area (Å²) in [7, 11) is 0. The van der Waals surface area contributed by atoms with E-state index in [1.807, 2.05) is 36.7 Å². The van der Waals surface area contributed by atoms with Crippen LogP contribution in [0.4, 0.5) is 5.69 Å². The Balaban J connectivity index is 1.44. The zero-order valence-corrected chi connectivity index (χ0v) is 15.2. The summed E-state index contributed by atoms with van der Waals surface area (Å²) < 4.78 is 7.14. The van der Waals surface area contributed by atoms with E-state index in [4.69, 9.17) is 4.74 Å². The molecule has 1 N–H and O–H groups in total. The standard InChI is InChI=1S/C20H15N3O3S/c1-13-8-9-23-12-16(22-18(23)11-13)20(25)26-15-6-4-14(5-7-15)21-19(24)17-3-2-10-27-17/h2-12H,1H3,(H,21,24). The summed E-state index contributed by atoms with van der Waals surface area (Å²) in [6, 6.07) is 14.0. The van der Waals surface area contributed by atoms with E-state index in [9.17, 15) is 9.59 Å². The maximum atomic E-state index is 12.3. The van der Waals surface area contributed by atoms with E-state index in [0.29, 0.717) is 22.0 Å². The van der Waals surface area contributed by atoms with Crippen LogP contribution in [-0.4, -0.2) is 21.3 Å². The first-order chi connectivity index (χ1) is 13.1. The summed E-state index contributed by atoms with van der Waals surface area (Å²) in [5.74, 6) is -0.330. The minimum atomic E-state index is -0.535. The summed E-state index contributed by atoms with van der Waals surface area (Å²) in [5, 5.41) is 4.64. The molecule has 0 aliphatic rings. The number of ether oxygens (including phenoxy) is 1. The number of carbonyl (C=O) groups excluding carboxylic acids is 2. The smallest absolute Gasteiger partial charge is 0.363 e. The zero-order valence-electron chi connectivity index (χ0n) is 14.4. The van der Waals surface area contributed by atoms with Gasteiger partial charge in [0.25, 0.3) is 5.91 Å². The van der Waals surface area contributed by atoms with Gasteiger partial charge in [-0.25, -0.2) is 9.78 Å². The Morgan fingerprint density at radius 3 is 2.70 bits per heavy atom. The molecule has 27 heavy (non-hydrogen) atoms. The maximum absolute atomic E-state index is 12.3. The first kappa shape index (κ1) is 17.0. The zero-order chi connectivity index (χ0) is 18.8. The molecule has 0 fully saturated rings. The van der Waals surface area contributed by atoms with Crippen molar-refractivity contribution < 1.29 is 14.3 Å². The fourth-order valence-corrected chi connectivity index (χ4v) is 3.17. The number of anilines is 1. The Kier molecular flexibility index (Phi) is 4.43. The van der Waals surface area contributed by atoms with Crippen LogP contribution in [0.15, 0.2) is 66.3 Å². The molecule has 4 rings (SSSR count). The predicted molar refractivity (Wildman–Crippen MR) is 104 cm³/mol. The fraction of sp³-hybridized carbons (Fsp3) is 0.0500. The van der Waals surface area contributed by atoms with Gasteiger partial charge in [0, 0.05) is 18.1 Å². The molecule has 0 atom stereocenters. The second-order valence-corrected chi connectivity index (χ2v) is 6.89. The lowest BCUT2D eigenvalue weighted by Gasteiger charge is -2.06. The van der Waals surface area contributed by atoms with Crippen LogP contribution in [0.5, 0.6) is 5.75 Å². The molecule has 3 heterocycles. The largest absolute Gasteiger partial charge is 0.422 e. The number of esters is 1. The third kappa shape index (κ3) is 3.73. The highest BCUT2D eigenvalue weighted by Crippen LogP contribution is 2.19. The van der Waals surface area contributed by atoms with E-state index in [1.165, 1.54) is 11.3 Å². The lowest BCUT2D eigenvalue weighted by atomic mass is 10.3. The van der Waals surface area contributed by atoms with Gasteiger partial charge in [-0.05, 0) is 60.3 Å². The molecule has 0 spiro atoms. The molecule has 3 aromatic heterocycles. The SMILES string of the molecule is Cc1ccn2cc(C(=O)Oc3ccc(NC(=O)c4cccs4)cc3)nc2c1. The van der Waals surface area contributed by atoms with Gasteiger partial charge in [-0.3, -0.25) is 4.79 Å². The number of carbonyl (C=O) groups is 2. The highest BCUT2D eigenvalue weighted by Gasteiger charge is 2.14. The molecule has 7 heteroatoms. The van der Waals surface area contributed by atoms with Crippen LogP contribution in [0.25, 0.3) is 5.65 Å². The molecule has 4 aromatic rings. The molecule has 0 aliphatic carbocycles. The van der Waals surface area contributed by atoms with Crippen molar-refractivity contribution in [1.82, 2.24) is 9.38 Å². The molecule has 1 aromatic carbocycles. The minimum absolute atomic E-state index is 0.172. The van der Waals surface area contributed by atoms with Crippen LogP contribution in [0.1, 0.15) is 25.7 Å². The van der Waals surface area contributed by atoms with Crippen LogP contribution in [-0.2, 0) is 0 Å². The Morgan fingerprint density at radius 2 is 1.96 bits per heavy atom. The van der Waals surface area contributed by atoms with E-state index in [0.717, 1.165) is 5.56 Å². The molecule has 0 saturated heterocycles. The number of benzene rings is 1. The summed E-state index contributed by atoms with van der Waals surface area (Å²) in [4.78, 5) is 29.3. The number of amides is 1. The van der Waals surface area contributed by atoms with E-state index in [-0.39, 0.29) is 11.6 Å². The Hall–Kier alpha value is -3.45. The highest BCUT2D eigenvalue weighted by atomic mass is 32.1. The van der Waals surface area contributed by atoms with Crippen molar-refractivity contribution in [2.45, 2.75) is 6.92 Å². The molecule has 0 bridgehead atoms. The number of hydrogen-bond donors (Lipinski definition) is 1. The molecule has 0 aliphatic heterocycles. The van der Waals surface area contributed by atoms with Crippen molar-refractivity contribution in [3.05, 3.63) is 82.4 Å². The third-order valence-corrected chi connectivity index (χ3v) is 4.76. The minimum Gasteiger partial charge on any atom is -0.422 e. The average molecular weight is 377 g/mol. The highest BCUT2D eigenvalue weighted by molar-refractivity contribution is 7.12. The number of hydrogen-bond acceptors (Lipinski definition) is 5. The van der Waals surface area contributed by atoms with Crippen molar-refractivity contribution in [3.63, 3.8) is 0 Å². The maximum Gasteiger partial charge on any atom is 0.363 e. The number of fused-ring (bicyclic) bond motifs is 1. The fourth-order valence-electron chi connectivity index (χ4n) is 2.55. The van der Waals surface area contributed by atoms with Gasteiger partial charge in [-0.1, -0.05) is 6.07 Å². The van der Waals surface area contributed by atoms with Gasteiger partial charge in [-0.2, -0.15) is 0 Å². The van der Waals surface area contributed by atoms with Crippen LogP contribution in [0, 0.1) is 6.92 Å². The van der Waals surface area contributed by atoms with Crippen molar-refractivity contribution >= 4 is 34.5 Å². The number of nitrogens with one attached hydrogen (secondary N) is 1. The number of rotatable bonds is 4. The normalized spacial score (nSPS) is 10.7. The van der Waals surface area contributed by atoms with Crippen molar-refractivity contribution in [2.75, 3.05) is 5.32 Å². The molecule has 0 unspecified atom stereocenters. The topological polar surface area (TPSA) is 72.7 Å². The monoisotopic (exact) mass is 377 g/mol. The van der Waals surface area contributed by atoms with Crippen LogP contribution in [0.2, 0.25) is 0 Å². The van der Waals surface area contributed by atoms with Crippen LogP contribution < -0.4 is 10.1 Å². The first-order valence-electron chi connectivity index (χ1n) is 8.21. The van der Waals surface area contributed by atoms with Gasteiger partial charge < -0.3 is 14.5 Å². The summed E-state index contributed by atoms with van der Waals surface area (Å²) in [6.45, 7) is 1.96. The van der Waals surface area contributed by atoms with Gasteiger partial charge >= 0.3 is 5.97 Å². The van der Waals surface area contributed by atoms with Gasteiger partial charge in [0.15, 0.2) is 5.69 Å². The Bertz CT molecular complexity index is 1120. The van der Waals surface area contributed by atoms with E-state index >= 15 is 0 Å². The number of nitrogens with zero attached hydrogens (tertiary/aromatic N) is 2. The molecular formula is C20H15N3O3S. The van der Waals surface area contributed by atoms with Crippen molar-refractivity contribution in [2.24, 2.45) is 0 Å². The summed E-state index contributed by atoms with van der Waals surface area (Å²) in [6.07, 6.45) is 3.48. The molecule has 0 radical (unpaired) electrons. The second-order valence-electron chi connectivity index (χ2n) is 5.94. The molecule has 1 amide bonds. The lowest BCUT2D eigenvalue weighted by molar-refractivity contribution is 0.0729. The van der Waals surface area contributed by atoms with Gasteiger partial charge in [0.05, 0.1) is 4.88 Å². The molecule has 6 nitrogen and oxygen atoms in total. The quantitative estimate of drug-likeness (QED) is 0.428. The first-order valence-corrected chi connectivity index (χ1v) is 9.09. The van der Waals surface area contributed by atoms with Gasteiger partial charge in [-0.15, -0.1) is 11.3 Å². The molecule has 134 valence electrons. The third-order valence-electron chi connectivity index (χ3n) is 3.89. The number of aryl methyl sites for hydroxylation is 1. The van der Waals surface area contributed by atoms with Crippen LogP contribution in [0.3, 0.4) is 0 Å². The number of thiophene rings is 1. The predicted octanol–water partition coefficient (Wildman–Crippen LogP) is 4.18. The summed E-state index contributed by atoms with van der Waals surface area (Å²) in [5.41, 5.74) is 2.61. The van der Waals surface area contributed by atoms with Crippen molar-refractivity contribution in [1.29, 1.82) is 0 Å². The Labute approximate surface area is 159 Å². The number of aromatic nitrogens is 2. The average Bonchev–Trinajstić information content (AvgIpc) is 3.32.